The van der Waals surface area contributed by atoms with Gasteiger partial charge in [0.2, 0.25) is 5.75 Å². The number of rotatable bonds is 18. The van der Waals surface area contributed by atoms with Gasteiger partial charge in [0.1, 0.15) is 23.4 Å². The molecule has 50 heavy (non-hydrogen) atoms. The monoisotopic (exact) mass is 696 g/mol. The lowest BCUT2D eigenvalue weighted by atomic mass is 9.93. The molecular weight excluding hydrogens is 648 g/mol. The molecule has 12 nitrogen and oxygen atoms in total. The molecule has 0 amide bonds. The van der Waals surface area contributed by atoms with Gasteiger partial charge in [-0.2, -0.15) is 0 Å². The van der Waals surface area contributed by atoms with Crippen LogP contribution in [0.4, 0.5) is 0 Å². The van der Waals surface area contributed by atoms with Crippen LogP contribution in [0.15, 0.2) is 36.4 Å². The van der Waals surface area contributed by atoms with Crippen molar-refractivity contribution in [2.45, 2.75) is 115 Å². The SMILES string of the molecule is CCCCCCCCCCCCCCCC(=O)Oc1cc(C(=O)O[C@@H]2Cc3c(O)cc(O)cc3O[C@@H]2c2cc(O)c(O)c(O)c2)cc(O)c1O. The summed E-state index contributed by atoms with van der Waals surface area (Å²) in [6, 6.07) is 6.49. The summed E-state index contributed by atoms with van der Waals surface area (Å²) < 4.78 is 16.9. The van der Waals surface area contributed by atoms with Crippen molar-refractivity contribution in [2.75, 3.05) is 0 Å². The highest BCUT2D eigenvalue weighted by molar-refractivity contribution is 5.91. The summed E-state index contributed by atoms with van der Waals surface area (Å²) in [4.78, 5) is 26.0. The largest absolute Gasteiger partial charge is 0.508 e. The Labute approximate surface area is 291 Å². The van der Waals surface area contributed by atoms with Crippen molar-refractivity contribution in [3.05, 3.63) is 53.1 Å². The van der Waals surface area contributed by atoms with Crippen LogP contribution < -0.4 is 9.47 Å². The maximum atomic E-state index is 13.4. The first kappa shape index (κ1) is 37.8. The minimum absolute atomic E-state index is 0.0480. The molecule has 3 aromatic rings. The summed E-state index contributed by atoms with van der Waals surface area (Å²) in [5.41, 5.74) is 0.000710. The topological polar surface area (TPSA) is 203 Å². The second kappa shape index (κ2) is 18.1. The Balaban J connectivity index is 1.34. The molecule has 0 aromatic heterocycles. The second-order valence-corrected chi connectivity index (χ2v) is 12.8. The van der Waals surface area contributed by atoms with E-state index in [4.69, 9.17) is 14.2 Å². The Morgan fingerprint density at radius 1 is 0.680 bits per heavy atom. The zero-order valence-electron chi connectivity index (χ0n) is 28.4. The number of phenolic OH excluding ortho intramolecular Hbond substituents is 7. The standard InChI is InChI=1S/C38H48O12/c1-2-3-4-5-6-7-8-9-10-11-12-13-14-15-34(44)48-32-19-24(18-30(43)36(32)46)38(47)50-33-22-26-27(40)20-25(39)21-31(26)49-37(33)23-16-28(41)35(45)29(42)17-23/h16-21,33,37,39-43,45-46H,2-15,22H2,1H3/t33-,37-/m1/s1. The Morgan fingerprint density at radius 2 is 1.24 bits per heavy atom. The zero-order valence-corrected chi connectivity index (χ0v) is 28.4. The fourth-order valence-electron chi connectivity index (χ4n) is 6.08. The van der Waals surface area contributed by atoms with Gasteiger partial charge >= 0.3 is 11.9 Å². The summed E-state index contributed by atoms with van der Waals surface area (Å²) in [6.07, 6.45) is 12.5. The lowest BCUT2D eigenvalue weighted by Gasteiger charge is -2.34. The first-order valence-corrected chi connectivity index (χ1v) is 17.4. The maximum Gasteiger partial charge on any atom is 0.338 e. The number of hydrogen-bond acceptors (Lipinski definition) is 12. The summed E-state index contributed by atoms with van der Waals surface area (Å²) in [5, 5.41) is 71.2. The molecule has 3 aromatic carbocycles. The molecule has 0 aliphatic carbocycles. The van der Waals surface area contributed by atoms with Gasteiger partial charge in [0.05, 0.1) is 5.56 Å². The van der Waals surface area contributed by atoms with Gasteiger partial charge in [-0.1, -0.05) is 84.0 Å². The number of benzene rings is 3. The van der Waals surface area contributed by atoms with Gasteiger partial charge in [-0.15, -0.1) is 0 Å². The number of fused-ring (bicyclic) bond motifs is 1. The van der Waals surface area contributed by atoms with Crippen molar-refractivity contribution in [3.8, 4) is 51.7 Å². The van der Waals surface area contributed by atoms with Crippen LogP contribution in [0.1, 0.15) is 124 Å². The smallest absolute Gasteiger partial charge is 0.338 e. The Hall–Kier alpha value is -5.00. The first-order valence-electron chi connectivity index (χ1n) is 17.4. The number of carbonyl (C=O) groups is 2. The fraction of sp³-hybridized carbons (Fsp3) is 0.474. The average Bonchev–Trinajstić information content (AvgIpc) is 3.07. The number of aromatic hydroxyl groups is 7. The highest BCUT2D eigenvalue weighted by Crippen LogP contribution is 2.46. The van der Waals surface area contributed by atoms with E-state index in [1.54, 1.807) is 0 Å². The number of unbranched alkanes of at least 4 members (excludes halogenated alkanes) is 12. The van der Waals surface area contributed by atoms with Gasteiger partial charge in [-0.3, -0.25) is 4.79 Å². The van der Waals surface area contributed by atoms with E-state index in [1.165, 1.54) is 63.9 Å². The van der Waals surface area contributed by atoms with Crippen LogP contribution in [0, 0.1) is 0 Å². The predicted molar refractivity (Wildman–Crippen MR) is 183 cm³/mol. The number of esters is 2. The maximum absolute atomic E-state index is 13.4. The van der Waals surface area contributed by atoms with Crippen LogP contribution in [0.2, 0.25) is 0 Å². The van der Waals surface area contributed by atoms with Crippen molar-refractivity contribution < 1.29 is 59.5 Å². The molecular formula is C38H48O12. The Bertz CT molecular complexity index is 1590. The van der Waals surface area contributed by atoms with E-state index in [0.29, 0.717) is 6.42 Å². The van der Waals surface area contributed by atoms with Crippen molar-refractivity contribution in [1.82, 2.24) is 0 Å². The van der Waals surface area contributed by atoms with E-state index in [-0.39, 0.29) is 46.8 Å². The molecule has 272 valence electrons. The quantitative estimate of drug-likeness (QED) is 0.0293. The van der Waals surface area contributed by atoms with Gasteiger partial charge in [0.25, 0.3) is 0 Å². The van der Waals surface area contributed by atoms with Crippen LogP contribution in [0.5, 0.6) is 51.7 Å². The Kier molecular flexibility index (Phi) is 13.7. The lowest BCUT2D eigenvalue weighted by Crippen LogP contribution is -2.34. The zero-order chi connectivity index (χ0) is 36.2. The molecule has 0 saturated heterocycles. The van der Waals surface area contributed by atoms with Crippen molar-refractivity contribution in [2.24, 2.45) is 0 Å². The predicted octanol–water partition coefficient (Wildman–Crippen LogP) is 7.91. The van der Waals surface area contributed by atoms with E-state index in [2.05, 4.69) is 6.92 Å². The highest BCUT2D eigenvalue weighted by Gasteiger charge is 2.37. The fourth-order valence-corrected chi connectivity index (χ4v) is 6.08. The molecule has 0 unspecified atom stereocenters. The number of hydrogen-bond donors (Lipinski definition) is 7. The van der Waals surface area contributed by atoms with Crippen LogP contribution in [0.25, 0.3) is 0 Å². The molecule has 1 aliphatic heterocycles. The highest BCUT2D eigenvalue weighted by atomic mass is 16.6. The first-order chi connectivity index (χ1) is 24.0. The molecule has 0 spiro atoms. The Morgan fingerprint density at radius 3 is 1.84 bits per heavy atom. The van der Waals surface area contributed by atoms with Gasteiger partial charge in [-0.05, 0) is 30.7 Å². The summed E-state index contributed by atoms with van der Waals surface area (Å²) in [7, 11) is 0. The minimum Gasteiger partial charge on any atom is -0.508 e. The van der Waals surface area contributed by atoms with Crippen molar-refractivity contribution >= 4 is 11.9 Å². The molecule has 1 aliphatic rings. The number of ether oxygens (including phenoxy) is 3. The van der Waals surface area contributed by atoms with Crippen LogP contribution >= 0.6 is 0 Å². The lowest BCUT2D eigenvalue weighted by molar-refractivity contribution is -0.134. The molecule has 4 rings (SSSR count). The van der Waals surface area contributed by atoms with Crippen LogP contribution in [-0.2, 0) is 16.0 Å². The molecule has 0 saturated carbocycles. The second-order valence-electron chi connectivity index (χ2n) is 12.8. The molecule has 0 bridgehead atoms. The van der Waals surface area contributed by atoms with E-state index < -0.39 is 58.6 Å². The van der Waals surface area contributed by atoms with Crippen LogP contribution in [-0.4, -0.2) is 53.8 Å². The number of phenols is 7. The summed E-state index contributed by atoms with van der Waals surface area (Å²) >= 11 is 0. The molecule has 2 atom stereocenters. The van der Waals surface area contributed by atoms with Gasteiger partial charge in [-0.25, -0.2) is 4.79 Å². The van der Waals surface area contributed by atoms with Crippen molar-refractivity contribution in [1.29, 1.82) is 0 Å². The average molecular weight is 697 g/mol. The van der Waals surface area contributed by atoms with Gasteiger partial charge in [0, 0.05) is 36.1 Å². The van der Waals surface area contributed by atoms with E-state index in [1.807, 2.05) is 0 Å². The molecule has 7 N–H and O–H groups in total. The van der Waals surface area contributed by atoms with E-state index in [9.17, 15) is 45.3 Å². The third kappa shape index (κ3) is 10.3. The molecule has 0 radical (unpaired) electrons. The summed E-state index contributed by atoms with van der Waals surface area (Å²) in [5.74, 6) is -6.27. The van der Waals surface area contributed by atoms with Gasteiger partial charge in [0.15, 0.2) is 34.9 Å². The number of carbonyl (C=O) groups excluding carboxylic acids is 2. The molecule has 0 fully saturated rings. The molecule has 12 heteroatoms. The molecule has 1 heterocycles. The van der Waals surface area contributed by atoms with Gasteiger partial charge < -0.3 is 50.0 Å². The third-order valence-electron chi connectivity index (χ3n) is 8.84. The van der Waals surface area contributed by atoms with Crippen molar-refractivity contribution in [3.63, 3.8) is 0 Å². The normalized spacial score (nSPS) is 15.2. The van der Waals surface area contributed by atoms with E-state index >= 15 is 0 Å². The summed E-state index contributed by atoms with van der Waals surface area (Å²) in [6.45, 7) is 2.22. The van der Waals surface area contributed by atoms with Crippen LogP contribution in [0.3, 0.4) is 0 Å². The van der Waals surface area contributed by atoms with E-state index in [0.717, 1.165) is 49.6 Å². The minimum atomic E-state index is -1.22. The third-order valence-corrected chi connectivity index (χ3v) is 8.84.